The van der Waals surface area contributed by atoms with Gasteiger partial charge in [0, 0.05) is 36.4 Å². The average molecular weight is 500 g/mol. The topological polar surface area (TPSA) is 92.1 Å². The monoisotopic (exact) mass is 500 g/mol. The molecular formula is C17H25IN8S. The third-order valence-electron chi connectivity index (χ3n) is 3.77. The van der Waals surface area contributed by atoms with Crippen molar-refractivity contribution in [3.8, 4) is 0 Å². The molecule has 0 aliphatic heterocycles. The number of aliphatic imine (C=N–C) groups is 1. The van der Waals surface area contributed by atoms with Crippen LogP contribution in [-0.4, -0.2) is 45.3 Å². The lowest BCUT2D eigenvalue weighted by molar-refractivity contribution is 0.785. The molecular weight excluding hydrogens is 475 g/mol. The van der Waals surface area contributed by atoms with E-state index >= 15 is 0 Å². The van der Waals surface area contributed by atoms with E-state index in [1.165, 1.54) is 9.75 Å². The second kappa shape index (κ2) is 10.4. The van der Waals surface area contributed by atoms with Gasteiger partial charge in [0.1, 0.15) is 12.1 Å². The smallest absolute Gasteiger partial charge is 0.191 e. The lowest BCUT2D eigenvalue weighted by Gasteiger charge is -2.12. The van der Waals surface area contributed by atoms with Crippen LogP contribution >= 0.6 is 35.3 Å². The van der Waals surface area contributed by atoms with Crippen molar-refractivity contribution in [1.29, 1.82) is 0 Å². The largest absolute Gasteiger partial charge is 0.368 e. The first kappa shape index (κ1) is 21.4. The molecule has 3 rings (SSSR count). The normalized spacial score (nSPS) is 11.3. The number of halogens is 1. The van der Waals surface area contributed by atoms with Crippen LogP contribution in [0.4, 0.5) is 5.82 Å². The fourth-order valence-electron chi connectivity index (χ4n) is 2.53. The van der Waals surface area contributed by atoms with Crippen molar-refractivity contribution in [2.75, 3.05) is 25.0 Å². The minimum Gasteiger partial charge on any atom is -0.368 e. The number of anilines is 1. The molecule has 0 aromatic carbocycles. The van der Waals surface area contributed by atoms with Gasteiger partial charge in [0.05, 0.1) is 18.1 Å². The minimum absolute atomic E-state index is 0. The van der Waals surface area contributed by atoms with Gasteiger partial charge in [-0.1, -0.05) is 0 Å². The van der Waals surface area contributed by atoms with E-state index in [2.05, 4.69) is 62.0 Å². The van der Waals surface area contributed by atoms with Crippen LogP contribution in [0.2, 0.25) is 0 Å². The lowest BCUT2D eigenvalue weighted by Crippen LogP contribution is -2.39. The first-order valence-electron chi connectivity index (χ1n) is 8.61. The fraction of sp³-hybridized carbons (Fsp3) is 0.412. The summed E-state index contributed by atoms with van der Waals surface area (Å²) in [6, 6.07) is 4.25. The standard InChI is InChI=1S/C17H24N8S.HI/c1-4-18-17(21-9-13-6-5-12(2)26-13)20-8-7-19-15-14-10-24-25(3)16(14)23-11-22-15;/h5-6,10-11H,4,7-9H2,1-3H3,(H2,18,20,21)(H,19,22,23);1H. The number of hydrogen-bond acceptors (Lipinski definition) is 6. The molecule has 3 N–H and O–H groups in total. The summed E-state index contributed by atoms with van der Waals surface area (Å²) in [5, 5.41) is 15.1. The molecule has 0 bridgehead atoms. The number of nitrogens with one attached hydrogen (secondary N) is 3. The van der Waals surface area contributed by atoms with Gasteiger partial charge in [-0.25, -0.2) is 15.0 Å². The summed E-state index contributed by atoms with van der Waals surface area (Å²) in [7, 11) is 1.87. The number of aryl methyl sites for hydroxylation is 2. The summed E-state index contributed by atoms with van der Waals surface area (Å²) < 4.78 is 1.74. The Morgan fingerprint density at radius 3 is 2.81 bits per heavy atom. The molecule has 0 radical (unpaired) electrons. The maximum Gasteiger partial charge on any atom is 0.191 e. The molecule has 0 saturated carbocycles. The van der Waals surface area contributed by atoms with E-state index in [-0.39, 0.29) is 24.0 Å². The zero-order valence-electron chi connectivity index (χ0n) is 15.7. The number of rotatable bonds is 7. The summed E-state index contributed by atoms with van der Waals surface area (Å²) in [4.78, 5) is 15.8. The molecule has 0 saturated heterocycles. The van der Waals surface area contributed by atoms with Crippen molar-refractivity contribution in [1.82, 2.24) is 30.4 Å². The molecule has 0 unspecified atom stereocenters. The van der Waals surface area contributed by atoms with Crippen LogP contribution in [0.5, 0.6) is 0 Å². The third kappa shape index (κ3) is 5.76. The molecule has 0 fully saturated rings. The molecule has 0 spiro atoms. The Morgan fingerprint density at radius 2 is 2.07 bits per heavy atom. The van der Waals surface area contributed by atoms with Crippen LogP contribution in [0.1, 0.15) is 16.7 Å². The SMILES string of the molecule is CCNC(=NCc1ccc(C)s1)NCCNc1ncnc2c1cnn2C.I. The summed E-state index contributed by atoms with van der Waals surface area (Å²) in [5.41, 5.74) is 0.816. The van der Waals surface area contributed by atoms with Gasteiger partial charge in [-0.2, -0.15) is 5.10 Å². The first-order valence-corrected chi connectivity index (χ1v) is 9.43. The van der Waals surface area contributed by atoms with Crippen LogP contribution < -0.4 is 16.0 Å². The highest BCUT2D eigenvalue weighted by atomic mass is 127. The second-order valence-corrected chi connectivity index (χ2v) is 7.16. The molecule has 3 aromatic heterocycles. The van der Waals surface area contributed by atoms with Crippen molar-refractivity contribution in [3.05, 3.63) is 34.4 Å². The zero-order chi connectivity index (χ0) is 18.4. The highest BCUT2D eigenvalue weighted by Crippen LogP contribution is 2.17. The van der Waals surface area contributed by atoms with Crippen molar-refractivity contribution in [2.24, 2.45) is 12.0 Å². The molecule has 8 nitrogen and oxygen atoms in total. The third-order valence-corrected chi connectivity index (χ3v) is 4.76. The maximum absolute atomic E-state index is 4.63. The maximum atomic E-state index is 4.63. The highest BCUT2D eigenvalue weighted by molar-refractivity contribution is 14.0. The Bertz CT molecular complexity index is 888. The minimum atomic E-state index is 0. The fourth-order valence-corrected chi connectivity index (χ4v) is 3.35. The van der Waals surface area contributed by atoms with Gasteiger partial charge in [-0.15, -0.1) is 35.3 Å². The van der Waals surface area contributed by atoms with Crippen LogP contribution in [0.15, 0.2) is 29.6 Å². The van der Waals surface area contributed by atoms with Crippen molar-refractivity contribution in [3.63, 3.8) is 0 Å². The Balaban J connectivity index is 0.00000261. The van der Waals surface area contributed by atoms with Crippen LogP contribution in [0.3, 0.4) is 0 Å². The molecule has 146 valence electrons. The molecule has 0 aliphatic carbocycles. The van der Waals surface area contributed by atoms with E-state index < -0.39 is 0 Å². The Labute approximate surface area is 179 Å². The number of guanidine groups is 1. The van der Waals surface area contributed by atoms with Gasteiger partial charge >= 0.3 is 0 Å². The number of thiophene rings is 1. The number of aromatic nitrogens is 4. The van der Waals surface area contributed by atoms with Gasteiger partial charge in [0.2, 0.25) is 0 Å². The van der Waals surface area contributed by atoms with E-state index in [1.54, 1.807) is 28.5 Å². The van der Waals surface area contributed by atoms with E-state index in [0.29, 0.717) is 13.1 Å². The number of fused-ring (bicyclic) bond motifs is 1. The predicted octanol–water partition coefficient (Wildman–Crippen LogP) is 2.52. The quantitative estimate of drug-likeness (QED) is 0.200. The summed E-state index contributed by atoms with van der Waals surface area (Å²) in [6.07, 6.45) is 3.33. The zero-order valence-corrected chi connectivity index (χ0v) is 18.8. The van der Waals surface area contributed by atoms with Gasteiger partial charge in [-0.05, 0) is 26.0 Å². The van der Waals surface area contributed by atoms with E-state index in [9.17, 15) is 0 Å². The summed E-state index contributed by atoms with van der Waals surface area (Å²) in [5.74, 6) is 1.61. The van der Waals surface area contributed by atoms with E-state index in [0.717, 1.165) is 35.9 Å². The molecule has 0 amide bonds. The van der Waals surface area contributed by atoms with Gasteiger partial charge in [-0.3, -0.25) is 4.68 Å². The first-order chi connectivity index (χ1) is 12.7. The second-order valence-electron chi connectivity index (χ2n) is 5.79. The molecule has 27 heavy (non-hydrogen) atoms. The van der Waals surface area contributed by atoms with E-state index in [4.69, 9.17) is 0 Å². The van der Waals surface area contributed by atoms with Crippen molar-refractivity contribution < 1.29 is 0 Å². The Kier molecular flexibility index (Phi) is 8.23. The molecule has 0 aliphatic rings. The molecule has 0 atom stereocenters. The number of nitrogens with zero attached hydrogens (tertiary/aromatic N) is 5. The summed E-state index contributed by atoms with van der Waals surface area (Å²) >= 11 is 1.78. The van der Waals surface area contributed by atoms with Crippen LogP contribution in [0.25, 0.3) is 11.0 Å². The number of hydrogen-bond donors (Lipinski definition) is 3. The van der Waals surface area contributed by atoms with Crippen LogP contribution in [-0.2, 0) is 13.6 Å². The van der Waals surface area contributed by atoms with Crippen LogP contribution in [0, 0.1) is 6.92 Å². The molecule has 10 heteroatoms. The van der Waals surface area contributed by atoms with Gasteiger partial charge in [0.25, 0.3) is 0 Å². The summed E-state index contributed by atoms with van der Waals surface area (Å²) in [6.45, 7) is 7.11. The molecule has 3 heterocycles. The van der Waals surface area contributed by atoms with Crippen molar-refractivity contribution in [2.45, 2.75) is 20.4 Å². The Hall–Kier alpha value is -1.95. The molecule has 3 aromatic rings. The average Bonchev–Trinajstić information content (AvgIpc) is 3.23. The van der Waals surface area contributed by atoms with Gasteiger partial charge < -0.3 is 16.0 Å². The van der Waals surface area contributed by atoms with Crippen molar-refractivity contribution >= 4 is 58.1 Å². The lowest BCUT2D eigenvalue weighted by atomic mass is 10.4. The Morgan fingerprint density at radius 1 is 1.22 bits per heavy atom. The predicted molar refractivity (Wildman–Crippen MR) is 122 cm³/mol. The van der Waals surface area contributed by atoms with E-state index in [1.807, 2.05) is 7.05 Å². The highest BCUT2D eigenvalue weighted by Gasteiger charge is 2.07. The van der Waals surface area contributed by atoms with Gasteiger partial charge in [0.15, 0.2) is 11.6 Å².